The van der Waals surface area contributed by atoms with E-state index >= 15 is 0 Å². The Kier molecular flexibility index (Phi) is 5.38. The van der Waals surface area contributed by atoms with E-state index in [9.17, 15) is 0 Å². The molecule has 0 amide bonds. The molecule has 2 heterocycles. The van der Waals surface area contributed by atoms with E-state index in [0.29, 0.717) is 12.0 Å². The summed E-state index contributed by atoms with van der Waals surface area (Å²) in [6.07, 6.45) is 1.22. The molecule has 2 unspecified atom stereocenters. The van der Waals surface area contributed by atoms with Gasteiger partial charge in [-0.2, -0.15) is 0 Å². The van der Waals surface area contributed by atoms with Gasteiger partial charge in [-0.25, -0.2) is 0 Å². The first kappa shape index (κ1) is 15.3. The first-order chi connectivity index (χ1) is 9.63. The van der Waals surface area contributed by atoms with E-state index in [0.717, 1.165) is 43.3 Å². The lowest BCUT2D eigenvalue weighted by atomic mass is 9.96. The summed E-state index contributed by atoms with van der Waals surface area (Å²) in [7, 11) is 1.71. The zero-order valence-corrected chi connectivity index (χ0v) is 13.1. The highest BCUT2D eigenvalue weighted by Gasteiger charge is 2.26. The lowest BCUT2D eigenvalue weighted by Crippen LogP contribution is -2.53. The summed E-state index contributed by atoms with van der Waals surface area (Å²) in [5.41, 5.74) is 2.13. The van der Waals surface area contributed by atoms with Gasteiger partial charge in [0.2, 0.25) is 0 Å². The summed E-state index contributed by atoms with van der Waals surface area (Å²) in [6, 6.07) is 4.64. The van der Waals surface area contributed by atoms with Crippen molar-refractivity contribution in [1.29, 1.82) is 0 Å². The van der Waals surface area contributed by atoms with Crippen molar-refractivity contribution in [1.82, 2.24) is 15.2 Å². The Morgan fingerprint density at radius 2 is 2.30 bits per heavy atom. The number of nitrogens with zero attached hydrogens (tertiary/aromatic N) is 2. The van der Waals surface area contributed by atoms with E-state index in [1.807, 2.05) is 13.0 Å². The Labute approximate surface area is 122 Å². The van der Waals surface area contributed by atoms with Gasteiger partial charge in [0, 0.05) is 50.0 Å². The van der Waals surface area contributed by atoms with Crippen molar-refractivity contribution in [2.24, 2.45) is 5.92 Å². The summed E-state index contributed by atoms with van der Waals surface area (Å²) in [5, 5.41) is 3.51. The monoisotopic (exact) mass is 277 g/mol. The number of ether oxygens (including phenoxy) is 1. The van der Waals surface area contributed by atoms with Crippen LogP contribution in [-0.2, 0) is 6.54 Å². The molecule has 20 heavy (non-hydrogen) atoms. The highest BCUT2D eigenvalue weighted by atomic mass is 16.5. The van der Waals surface area contributed by atoms with E-state index in [1.165, 1.54) is 6.42 Å². The molecule has 0 aliphatic carbocycles. The maximum absolute atomic E-state index is 5.35. The molecule has 1 saturated heterocycles. The van der Waals surface area contributed by atoms with Gasteiger partial charge in [0.15, 0.2) is 0 Å². The third kappa shape index (κ3) is 3.70. The van der Waals surface area contributed by atoms with Crippen LogP contribution < -0.4 is 10.1 Å². The lowest BCUT2D eigenvalue weighted by Gasteiger charge is -2.39. The van der Waals surface area contributed by atoms with Crippen molar-refractivity contribution in [2.75, 3.05) is 26.7 Å². The van der Waals surface area contributed by atoms with E-state index in [4.69, 9.17) is 4.74 Å². The molecule has 1 aliphatic heterocycles. The highest BCUT2D eigenvalue weighted by Crippen LogP contribution is 2.20. The molecule has 112 valence electrons. The molecule has 0 saturated carbocycles. The Morgan fingerprint density at radius 3 is 3.00 bits per heavy atom. The number of aromatic nitrogens is 1. The molecule has 4 heteroatoms. The third-order valence-electron chi connectivity index (χ3n) is 4.28. The number of rotatable bonds is 5. The molecule has 0 radical (unpaired) electrons. The van der Waals surface area contributed by atoms with Crippen LogP contribution in [0.2, 0.25) is 0 Å². The highest BCUT2D eigenvalue weighted by molar-refractivity contribution is 5.26. The van der Waals surface area contributed by atoms with Crippen LogP contribution in [-0.4, -0.2) is 42.7 Å². The van der Waals surface area contributed by atoms with E-state index in [2.05, 4.69) is 35.1 Å². The largest absolute Gasteiger partial charge is 0.497 e. The first-order valence-electron chi connectivity index (χ1n) is 7.60. The molecule has 2 rings (SSSR count). The predicted octanol–water partition coefficient (Wildman–Crippen LogP) is 2.22. The fourth-order valence-corrected chi connectivity index (χ4v) is 2.91. The van der Waals surface area contributed by atoms with Crippen LogP contribution in [0.4, 0.5) is 0 Å². The molecule has 1 aromatic heterocycles. The molecule has 0 aromatic carbocycles. The van der Waals surface area contributed by atoms with Crippen LogP contribution in [0.25, 0.3) is 0 Å². The average molecular weight is 277 g/mol. The van der Waals surface area contributed by atoms with Crippen molar-refractivity contribution in [2.45, 2.75) is 39.8 Å². The fraction of sp³-hybridized carbons (Fsp3) is 0.688. The standard InChI is InChI=1S/C16H27N3O/c1-5-12(2)16-10-17-6-7-19(16)11-14-9-15(20-4)8-13(3)18-14/h8-9,12,16-17H,5-7,10-11H2,1-4H3. The van der Waals surface area contributed by atoms with Crippen LogP contribution in [0.1, 0.15) is 31.7 Å². The molecular formula is C16H27N3O. The van der Waals surface area contributed by atoms with Crippen LogP contribution in [0, 0.1) is 12.8 Å². The van der Waals surface area contributed by atoms with Crippen molar-refractivity contribution in [3.63, 3.8) is 0 Å². The third-order valence-corrected chi connectivity index (χ3v) is 4.28. The van der Waals surface area contributed by atoms with Gasteiger partial charge < -0.3 is 10.1 Å². The molecule has 0 bridgehead atoms. The second-order valence-corrected chi connectivity index (χ2v) is 5.77. The molecule has 0 spiro atoms. The molecule has 2 atom stereocenters. The summed E-state index contributed by atoms with van der Waals surface area (Å²) < 4.78 is 5.35. The molecule has 1 fully saturated rings. The maximum Gasteiger partial charge on any atom is 0.122 e. The molecular weight excluding hydrogens is 250 g/mol. The zero-order valence-electron chi connectivity index (χ0n) is 13.1. The SMILES string of the molecule is CCC(C)C1CNCCN1Cc1cc(OC)cc(C)n1. The number of nitrogens with one attached hydrogen (secondary N) is 1. The molecule has 1 aliphatic rings. The Balaban J connectivity index is 2.12. The van der Waals surface area contributed by atoms with Gasteiger partial charge in [-0.1, -0.05) is 20.3 Å². The molecule has 4 nitrogen and oxygen atoms in total. The second kappa shape index (κ2) is 7.04. The van der Waals surface area contributed by atoms with E-state index in [1.54, 1.807) is 7.11 Å². The van der Waals surface area contributed by atoms with Crippen molar-refractivity contribution < 1.29 is 4.74 Å². The van der Waals surface area contributed by atoms with Gasteiger partial charge >= 0.3 is 0 Å². The van der Waals surface area contributed by atoms with E-state index in [-0.39, 0.29) is 0 Å². The quantitative estimate of drug-likeness (QED) is 0.895. The minimum atomic E-state index is 0.599. The lowest BCUT2D eigenvalue weighted by molar-refractivity contribution is 0.107. The van der Waals surface area contributed by atoms with Gasteiger partial charge in [0.25, 0.3) is 0 Å². The fourth-order valence-electron chi connectivity index (χ4n) is 2.91. The van der Waals surface area contributed by atoms with Crippen LogP contribution >= 0.6 is 0 Å². The van der Waals surface area contributed by atoms with Crippen LogP contribution in [0.3, 0.4) is 0 Å². The number of hydrogen-bond donors (Lipinski definition) is 1. The Bertz CT molecular complexity index is 436. The minimum absolute atomic E-state index is 0.599. The van der Waals surface area contributed by atoms with Crippen molar-refractivity contribution >= 4 is 0 Å². The number of methoxy groups -OCH3 is 1. The van der Waals surface area contributed by atoms with Gasteiger partial charge in [-0.15, -0.1) is 0 Å². The van der Waals surface area contributed by atoms with Crippen LogP contribution in [0.15, 0.2) is 12.1 Å². The predicted molar refractivity (Wildman–Crippen MR) is 82.0 cm³/mol. The van der Waals surface area contributed by atoms with Gasteiger partial charge in [-0.05, 0) is 12.8 Å². The number of hydrogen-bond acceptors (Lipinski definition) is 4. The van der Waals surface area contributed by atoms with Gasteiger partial charge in [-0.3, -0.25) is 9.88 Å². The van der Waals surface area contributed by atoms with E-state index < -0.39 is 0 Å². The summed E-state index contributed by atoms with van der Waals surface area (Å²) in [4.78, 5) is 7.21. The van der Waals surface area contributed by atoms with Crippen molar-refractivity contribution in [3.8, 4) is 5.75 Å². The summed E-state index contributed by atoms with van der Waals surface area (Å²) in [5.74, 6) is 1.61. The normalized spacial score (nSPS) is 21.7. The van der Waals surface area contributed by atoms with Gasteiger partial charge in [0.05, 0.1) is 12.8 Å². The zero-order chi connectivity index (χ0) is 14.5. The van der Waals surface area contributed by atoms with Gasteiger partial charge in [0.1, 0.15) is 5.75 Å². The molecule has 1 N–H and O–H groups in total. The topological polar surface area (TPSA) is 37.4 Å². The van der Waals surface area contributed by atoms with Crippen molar-refractivity contribution in [3.05, 3.63) is 23.5 Å². The summed E-state index contributed by atoms with van der Waals surface area (Å²) in [6.45, 7) is 10.8. The second-order valence-electron chi connectivity index (χ2n) is 5.77. The average Bonchev–Trinajstić information content (AvgIpc) is 2.46. The number of aryl methyl sites for hydroxylation is 1. The summed E-state index contributed by atoms with van der Waals surface area (Å²) >= 11 is 0. The Hall–Kier alpha value is -1.13. The maximum atomic E-state index is 5.35. The number of piperazine rings is 1. The first-order valence-corrected chi connectivity index (χ1v) is 7.60. The smallest absolute Gasteiger partial charge is 0.122 e. The molecule has 1 aromatic rings. The Morgan fingerprint density at radius 1 is 1.50 bits per heavy atom. The number of pyridine rings is 1. The van der Waals surface area contributed by atoms with Crippen LogP contribution in [0.5, 0.6) is 5.75 Å². The minimum Gasteiger partial charge on any atom is -0.497 e.